The van der Waals surface area contributed by atoms with Crippen molar-refractivity contribution in [2.45, 2.75) is 6.92 Å². The van der Waals surface area contributed by atoms with Crippen LogP contribution in [0.1, 0.15) is 11.5 Å². The smallest absolute Gasteiger partial charge is 0.217 e. The van der Waals surface area contributed by atoms with Crippen LogP contribution >= 0.6 is 0 Å². The third-order valence-electron chi connectivity index (χ3n) is 1.30. The summed E-state index contributed by atoms with van der Waals surface area (Å²) in [4.78, 5) is 7.86. The second kappa shape index (κ2) is 4.38. The van der Waals surface area contributed by atoms with Gasteiger partial charge < -0.3 is 10.5 Å². The van der Waals surface area contributed by atoms with Gasteiger partial charge in [0.2, 0.25) is 5.88 Å². The highest BCUT2D eigenvalue weighted by Crippen LogP contribution is 2.07. The van der Waals surface area contributed by atoms with Crippen LogP contribution in [0.2, 0.25) is 0 Å². The first-order valence-electron chi connectivity index (χ1n) is 3.85. The highest BCUT2D eigenvalue weighted by molar-refractivity contribution is 5.25. The van der Waals surface area contributed by atoms with Gasteiger partial charge in [-0.1, -0.05) is 0 Å². The molecule has 0 amide bonds. The van der Waals surface area contributed by atoms with Gasteiger partial charge in [-0.15, -0.1) is 0 Å². The number of hydrogen-bond donors (Lipinski definition) is 1. The van der Waals surface area contributed by atoms with Crippen molar-refractivity contribution in [3.8, 4) is 11.9 Å². The van der Waals surface area contributed by atoms with Gasteiger partial charge in [0.25, 0.3) is 0 Å². The highest BCUT2D eigenvalue weighted by atomic mass is 16.5. The molecular formula is C8H10N4O. The predicted molar refractivity (Wildman–Crippen MR) is 46.0 cm³/mol. The van der Waals surface area contributed by atoms with E-state index in [1.165, 1.54) is 6.07 Å². The molecule has 1 rings (SSSR count). The van der Waals surface area contributed by atoms with Gasteiger partial charge in [-0.2, -0.15) is 10.2 Å². The Kier molecular flexibility index (Phi) is 3.17. The monoisotopic (exact) mass is 178 g/mol. The molecule has 0 radical (unpaired) electrons. The number of rotatable bonds is 3. The lowest BCUT2D eigenvalue weighted by molar-refractivity contribution is 0.314. The van der Waals surface area contributed by atoms with Crippen LogP contribution in [-0.4, -0.2) is 23.1 Å². The number of nitrogens with zero attached hydrogens (tertiary/aromatic N) is 3. The van der Waals surface area contributed by atoms with Crippen LogP contribution in [0.4, 0.5) is 0 Å². The third-order valence-corrected chi connectivity index (χ3v) is 1.30. The molecule has 13 heavy (non-hydrogen) atoms. The number of aromatic nitrogens is 2. The maximum absolute atomic E-state index is 8.59. The number of ether oxygens (including phenoxy) is 1. The summed E-state index contributed by atoms with van der Waals surface area (Å²) >= 11 is 0. The quantitative estimate of drug-likeness (QED) is 0.703. The zero-order valence-corrected chi connectivity index (χ0v) is 7.32. The third kappa shape index (κ3) is 2.69. The van der Waals surface area contributed by atoms with Gasteiger partial charge in [-0.25, -0.2) is 4.98 Å². The molecule has 68 valence electrons. The zero-order valence-electron chi connectivity index (χ0n) is 7.32. The van der Waals surface area contributed by atoms with E-state index in [-0.39, 0.29) is 0 Å². The van der Waals surface area contributed by atoms with E-state index in [1.54, 1.807) is 6.92 Å². The van der Waals surface area contributed by atoms with Crippen LogP contribution in [0.25, 0.3) is 0 Å². The Bertz CT molecular complexity index is 331. The van der Waals surface area contributed by atoms with Gasteiger partial charge in [0.05, 0.1) is 0 Å². The summed E-state index contributed by atoms with van der Waals surface area (Å²) in [5.41, 5.74) is 5.56. The van der Waals surface area contributed by atoms with E-state index in [2.05, 4.69) is 9.97 Å². The summed E-state index contributed by atoms with van der Waals surface area (Å²) in [6, 6.07) is 3.41. The van der Waals surface area contributed by atoms with Crippen LogP contribution in [0.5, 0.6) is 5.88 Å². The van der Waals surface area contributed by atoms with Crippen LogP contribution in [0.3, 0.4) is 0 Å². The molecule has 0 aliphatic rings. The Morgan fingerprint density at radius 2 is 2.38 bits per heavy atom. The molecule has 2 N–H and O–H groups in total. The number of nitriles is 1. The lowest BCUT2D eigenvalue weighted by Crippen LogP contribution is -2.11. The topological polar surface area (TPSA) is 84.8 Å². The molecule has 0 aliphatic carbocycles. The average molecular weight is 178 g/mol. The van der Waals surface area contributed by atoms with Crippen LogP contribution in [-0.2, 0) is 0 Å². The predicted octanol–water partition coefficient (Wildman–Crippen LogP) is -0.00580. The van der Waals surface area contributed by atoms with E-state index in [1.807, 2.05) is 6.07 Å². The first-order valence-corrected chi connectivity index (χ1v) is 3.85. The largest absolute Gasteiger partial charge is 0.476 e. The molecule has 0 saturated carbocycles. The number of nitrogens with two attached hydrogens (primary N) is 1. The minimum atomic E-state index is 0.305. The molecule has 1 aromatic rings. The molecular weight excluding hydrogens is 168 g/mol. The van der Waals surface area contributed by atoms with Gasteiger partial charge in [0.1, 0.15) is 24.2 Å². The summed E-state index contributed by atoms with van der Waals surface area (Å²) in [6.45, 7) is 2.52. The summed E-state index contributed by atoms with van der Waals surface area (Å²) in [7, 11) is 0. The Balaban J connectivity index is 2.83. The van der Waals surface area contributed by atoms with E-state index in [0.717, 1.165) is 0 Å². The van der Waals surface area contributed by atoms with Crippen LogP contribution in [0, 0.1) is 18.3 Å². The lowest BCUT2D eigenvalue weighted by Gasteiger charge is -2.03. The van der Waals surface area contributed by atoms with E-state index >= 15 is 0 Å². The summed E-state index contributed by atoms with van der Waals surface area (Å²) in [5.74, 6) is 0.917. The molecule has 0 spiro atoms. The van der Waals surface area contributed by atoms with Gasteiger partial charge in [-0.3, -0.25) is 0 Å². The van der Waals surface area contributed by atoms with Crippen molar-refractivity contribution < 1.29 is 4.74 Å². The summed E-state index contributed by atoms with van der Waals surface area (Å²) in [6.07, 6.45) is 0. The van der Waals surface area contributed by atoms with E-state index in [9.17, 15) is 0 Å². The molecule has 5 heteroatoms. The van der Waals surface area contributed by atoms with Gasteiger partial charge in [-0.05, 0) is 6.92 Å². The fourth-order valence-electron chi connectivity index (χ4n) is 0.835. The number of hydrogen-bond acceptors (Lipinski definition) is 5. The van der Waals surface area contributed by atoms with Crippen molar-refractivity contribution in [3.05, 3.63) is 17.6 Å². The Morgan fingerprint density at radius 1 is 1.62 bits per heavy atom. The molecule has 0 saturated heterocycles. The van der Waals surface area contributed by atoms with E-state index < -0.39 is 0 Å². The molecule has 5 nitrogen and oxygen atoms in total. The second-order valence-electron chi connectivity index (χ2n) is 2.39. The van der Waals surface area contributed by atoms with Crippen LogP contribution < -0.4 is 10.5 Å². The second-order valence-corrected chi connectivity index (χ2v) is 2.39. The minimum absolute atomic E-state index is 0.305. The fraction of sp³-hybridized carbons (Fsp3) is 0.375. The van der Waals surface area contributed by atoms with Crippen molar-refractivity contribution >= 4 is 0 Å². The maximum atomic E-state index is 8.59. The number of aryl methyl sites for hydroxylation is 1. The Morgan fingerprint density at radius 3 is 3.00 bits per heavy atom. The first kappa shape index (κ1) is 9.42. The van der Waals surface area contributed by atoms with Crippen molar-refractivity contribution in [2.24, 2.45) is 5.73 Å². The SMILES string of the molecule is Cc1nc(C#N)cc(OCCN)n1. The normalized spacial score (nSPS) is 9.31. The van der Waals surface area contributed by atoms with Crippen molar-refractivity contribution in [2.75, 3.05) is 13.2 Å². The average Bonchev–Trinajstić information content (AvgIpc) is 2.14. The molecule has 0 aliphatic heterocycles. The summed E-state index contributed by atoms with van der Waals surface area (Å²) < 4.78 is 5.15. The van der Waals surface area contributed by atoms with Crippen LogP contribution in [0.15, 0.2) is 6.07 Å². The standard InChI is InChI=1S/C8H10N4O/c1-6-11-7(5-10)4-8(12-6)13-3-2-9/h4H,2-3,9H2,1H3. The zero-order chi connectivity index (χ0) is 9.68. The molecule has 1 aromatic heterocycles. The molecule has 0 aromatic carbocycles. The summed E-state index contributed by atoms with van der Waals surface area (Å²) in [5, 5.41) is 8.59. The molecule has 0 atom stereocenters. The van der Waals surface area contributed by atoms with Crippen molar-refractivity contribution in [1.82, 2.24) is 9.97 Å². The van der Waals surface area contributed by atoms with Gasteiger partial charge in [0.15, 0.2) is 0 Å². The Labute approximate surface area is 76.2 Å². The fourth-order valence-corrected chi connectivity index (χ4v) is 0.835. The lowest BCUT2D eigenvalue weighted by atomic mass is 10.4. The van der Waals surface area contributed by atoms with Crippen molar-refractivity contribution in [3.63, 3.8) is 0 Å². The molecule has 0 fully saturated rings. The molecule has 1 heterocycles. The highest BCUT2D eigenvalue weighted by Gasteiger charge is 2.00. The van der Waals surface area contributed by atoms with Gasteiger partial charge in [0, 0.05) is 12.6 Å². The molecule has 0 bridgehead atoms. The van der Waals surface area contributed by atoms with E-state index in [0.29, 0.717) is 30.5 Å². The first-order chi connectivity index (χ1) is 6.26. The minimum Gasteiger partial charge on any atom is -0.476 e. The van der Waals surface area contributed by atoms with E-state index in [4.69, 9.17) is 15.7 Å². The Hall–Kier alpha value is -1.67. The molecule has 0 unspecified atom stereocenters. The van der Waals surface area contributed by atoms with Crippen molar-refractivity contribution in [1.29, 1.82) is 5.26 Å². The maximum Gasteiger partial charge on any atom is 0.217 e. The van der Waals surface area contributed by atoms with Gasteiger partial charge >= 0.3 is 0 Å².